The van der Waals surface area contributed by atoms with Crippen LogP contribution in [0.4, 0.5) is 0 Å². The number of aromatic nitrogens is 3. The zero-order valence-corrected chi connectivity index (χ0v) is 10.6. The smallest absolute Gasteiger partial charge is 0.0969 e. The van der Waals surface area contributed by atoms with Crippen LogP contribution in [0.25, 0.3) is 5.69 Å². The van der Waals surface area contributed by atoms with Crippen LogP contribution in [0.1, 0.15) is 23.7 Å². The summed E-state index contributed by atoms with van der Waals surface area (Å²) < 4.78 is 1.83. The molecule has 0 fully saturated rings. The van der Waals surface area contributed by atoms with Crippen molar-refractivity contribution >= 4 is 0 Å². The summed E-state index contributed by atoms with van der Waals surface area (Å²) in [7, 11) is 0. The van der Waals surface area contributed by atoms with Gasteiger partial charge in [0.1, 0.15) is 0 Å². The second kappa shape index (κ2) is 5.10. The molecule has 0 saturated carbocycles. The molecule has 90 valence electrons. The van der Waals surface area contributed by atoms with Gasteiger partial charge >= 0.3 is 0 Å². The van der Waals surface area contributed by atoms with Crippen molar-refractivity contribution in [3.8, 4) is 5.69 Å². The third-order valence-corrected chi connectivity index (χ3v) is 2.70. The first-order valence-corrected chi connectivity index (χ1v) is 5.90. The SMILES string of the molecule is CCNCc1cn(-c2ccc(C)cc2C)nn1. The molecule has 0 spiro atoms. The number of nitrogens with one attached hydrogen (secondary N) is 1. The van der Waals surface area contributed by atoms with Gasteiger partial charge in [0.25, 0.3) is 0 Å². The molecule has 0 amide bonds. The van der Waals surface area contributed by atoms with Crippen LogP contribution in [0.3, 0.4) is 0 Å². The Bertz CT molecular complexity index is 502. The highest BCUT2D eigenvalue weighted by Gasteiger charge is 2.04. The summed E-state index contributed by atoms with van der Waals surface area (Å²) in [5.74, 6) is 0. The summed E-state index contributed by atoms with van der Waals surface area (Å²) >= 11 is 0. The zero-order chi connectivity index (χ0) is 12.3. The molecule has 0 aliphatic heterocycles. The summed E-state index contributed by atoms with van der Waals surface area (Å²) in [6, 6.07) is 6.32. The second-order valence-electron chi connectivity index (χ2n) is 4.22. The monoisotopic (exact) mass is 230 g/mol. The van der Waals surface area contributed by atoms with Crippen LogP contribution in [-0.4, -0.2) is 21.5 Å². The van der Waals surface area contributed by atoms with E-state index in [0.29, 0.717) is 0 Å². The van der Waals surface area contributed by atoms with Gasteiger partial charge in [-0.05, 0) is 32.0 Å². The van der Waals surface area contributed by atoms with E-state index in [-0.39, 0.29) is 0 Å². The Hall–Kier alpha value is -1.68. The number of nitrogens with zero attached hydrogens (tertiary/aromatic N) is 3. The van der Waals surface area contributed by atoms with Crippen molar-refractivity contribution in [3.05, 3.63) is 41.2 Å². The lowest BCUT2D eigenvalue weighted by Gasteiger charge is -2.05. The van der Waals surface area contributed by atoms with E-state index >= 15 is 0 Å². The molecule has 0 aliphatic rings. The van der Waals surface area contributed by atoms with Crippen LogP contribution < -0.4 is 5.32 Å². The van der Waals surface area contributed by atoms with Crippen LogP contribution in [-0.2, 0) is 6.54 Å². The largest absolute Gasteiger partial charge is 0.311 e. The maximum Gasteiger partial charge on any atom is 0.0969 e. The van der Waals surface area contributed by atoms with Gasteiger partial charge in [0, 0.05) is 6.54 Å². The molecule has 2 rings (SSSR count). The molecule has 1 aromatic heterocycles. The molecular formula is C13H18N4. The van der Waals surface area contributed by atoms with E-state index in [0.717, 1.165) is 24.5 Å². The third kappa shape index (κ3) is 2.71. The first-order chi connectivity index (χ1) is 8.20. The van der Waals surface area contributed by atoms with Crippen molar-refractivity contribution in [2.75, 3.05) is 6.54 Å². The van der Waals surface area contributed by atoms with Crippen LogP contribution in [0.2, 0.25) is 0 Å². The van der Waals surface area contributed by atoms with E-state index in [1.54, 1.807) is 0 Å². The summed E-state index contributed by atoms with van der Waals surface area (Å²) in [6.45, 7) is 7.97. The molecule has 0 radical (unpaired) electrons. The Balaban J connectivity index is 2.24. The first kappa shape index (κ1) is 11.8. The lowest BCUT2D eigenvalue weighted by molar-refractivity contribution is 0.705. The van der Waals surface area contributed by atoms with Crippen molar-refractivity contribution in [1.82, 2.24) is 20.3 Å². The second-order valence-corrected chi connectivity index (χ2v) is 4.22. The normalized spacial score (nSPS) is 10.8. The van der Waals surface area contributed by atoms with E-state index in [1.807, 2.05) is 10.9 Å². The molecular weight excluding hydrogens is 212 g/mol. The Morgan fingerprint density at radius 3 is 2.82 bits per heavy atom. The van der Waals surface area contributed by atoms with Gasteiger partial charge in [-0.15, -0.1) is 5.10 Å². The van der Waals surface area contributed by atoms with Crippen molar-refractivity contribution in [3.63, 3.8) is 0 Å². The molecule has 2 aromatic rings. The van der Waals surface area contributed by atoms with Crippen LogP contribution >= 0.6 is 0 Å². The predicted molar refractivity (Wildman–Crippen MR) is 68.2 cm³/mol. The van der Waals surface area contributed by atoms with Gasteiger partial charge in [-0.3, -0.25) is 0 Å². The number of hydrogen-bond donors (Lipinski definition) is 1. The van der Waals surface area contributed by atoms with E-state index in [1.165, 1.54) is 11.1 Å². The van der Waals surface area contributed by atoms with E-state index in [2.05, 4.69) is 54.6 Å². The molecule has 0 saturated heterocycles. The average Bonchev–Trinajstić information content (AvgIpc) is 2.75. The van der Waals surface area contributed by atoms with Crippen LogP contribution in [0.5, 0.6) is 0 Å². The summed E-state index contributed by atoms with van der Waals surface area (Å²) in [4.78, 5) is 0. The highest BCUT2D eigenvalue weighted by Crippen LogP contribution is 2.14. The fraction of sp³-hybridized carbons (Fsp3) is 0.385. The Kier molecular flexibility index (Phi) is 3.54. The number of aryl methyl sites for hydroxylation is 2. The number of rotatable bonds is 4. The Morgan fingerprint density at radius 2 is 2.12 bits per heavy atom. The van der Waals surface area contributed by atoms with Gasteiger partial charge < -0.3 is 5.32 Å². The van der Waals surface area contributed by atoms with Gasteiger partial charge in [-0.2, -0.15) is 0 Å². The molecule has 0 unspecified atom stereocenters. The standard InChI is InChI=1S/C13H18N4/c1-4-14-8-12-9-17(16-15-12)13-6-5-10(2)7-11(13)3/h5-7,9,14H,4,8H2,1-3H3. The van der Waals surface area contributed by atoms with Crippen molar-refractivity contribution in [2.24, 2.45) is 0 Å². The highest BCUT2D eigenvalue weighted by molar-refractivity contribution is 5.41. The van der Waals surface area contributed by atoms with E-state index in [4.69, 9.17) is 0 Å². The van der Waals surface area contributed by atoms with Crippen LogP contribution in [0.15, 0.2) is 24.4 Å². The molecule has 4 heteroatoms. The van der Waals surface area contributed by atoms with E-state index < -0.39 is 0 Å². The molecule has 17 heavy (non-hydrogen) atoms. The van der Waals surface area contributed by atoms with Crippen molar-refractivity contribution in [2.45, 2.75) is 27.3 Å². The topological polar surface area (TPSA) is 42.7 Å². The maximum absolute atomic E-state index is 4.16. The molecule has 1 N–H and O–H groups in total. The van der Waals surface area contributed by atoms with Gasteiger partial charge in [0.15, 0.2) is 0 Å². The minimum Gasteiger partial charge on any atom is -0.311 e. The van der Waals surface area contributed by atoms with Crippen LogP contribution in [0, 0.1) is 13.8 Å². The van der Waals surface area contributed by atoms with Crippen molar-refractivity contribution < 1.29 is 0 Å². The molecule has 1 aromatic carbocycles. The molecule has 0 bridgehead atoms. The lowest BCUT2D eigenvalue weighted by atomic mass is 10.1. The van der Waals surface area contributed by atoms with Gasteiger partial charge in [0.2, 0.25) is 0 Å². The molecule has 0 aliphatic carbocycles. The summed E-state index contributed by atoms with van der Waals surface area (Å²) in [6.07, 6.45) is 1.97. The molecule has 0 atom stereocenters. The molecule has 1 heterocycles. The van der Waals surface area contributed by atoms with Gasteiger partial charge in [0.05, 0.1) is 17.6 Å². The van der Waals surface area contributed by atoms with Gasteiger partial charge in [-0.25, -0.2) is 4.68 Å². The number of hydrogen-bond acceptors (Lipinski definition) is 3. The number of benzene rings is 1. The fourth-order valence-electron chi connectivity index (χ4n) is 1.81. The zero-order valence-electron chi connectivity index (χ0n) is 10.6. The van der Waals surface area contributed by atoms with Gasteiger partial charge in [-0.1, -0.05) is 29.8 Å². The Labute approximate surface area is 102 Å². The van der Waals surface area contributed by atoms with E-state index in [9.17, 15) is 0 Å². The predicted octanol–water partition coefficient (Wildman–Crippen LogP) is 1.99. The summed E-state index contributed by atoms with van der Waals surface area (Å²) in [5.41, 5.74) is 4.53. The van der Waals surface area contributed by atoms with Crippen molar-refractivity contribution in [1.29, 1.82) is 0 Å². The Morgan fingerprint density at radius 1 is 1.29 bits per heavy atom. The fourth-order valence-corrected chi connectivity index (χ4v) is 1.81. The average molecular weight is 230 g/mol. The molecule has 4 nitrogen and oxygen atoms in total. The minimum atomic E-state index is 0.765. The lowest BCUT2D eigenvalue weighted by Crippen LogP contribution is -2.11. The quantitative estimate of drug-likeness (QED) is 0.873. The summed E-state index contributed by atoms with van der Waals surface area (Å²) in [5, 5.41) is 11.5. The highest BCUT2D eigenvalue weighted by atomic mass is 15.4. The third-order valence-electron chi connectivity index (χ3n) is 2.70. The first-order valence-electron chi connectivity index (χ1n) is 5.90. The maximum atomic E-state index is 4.16. The minimum absolute atomic E-state index is 0.765.